The third-order valence-corrected chi connectivity index (χ3v) is 2.84. The zero-order valence-corrected chi connectivity index (χ0v) is 11.0. The first-order valence-corrected chi connectivity index (χ1v) is 6.27. The topological polar surface area (TPSA) is 35.5 Å². The highest BCUT2D eigenvalue weighted by Crippen LogP contribution is 2.23. The lowest BCUT2D eigenvalue weighted by molar-refractivity contribution is -0.274. The van der Waals surface area contributed by atoms with Crippen LogP contribution in [0.5, 0.6) is 5.75 Å². The first kappa shape index (κ1) is 15.2. The number of ether oxygens (including phenoxy) is 2. The molecule has 112 valence electrons. The molecule has 2 rings (SSSR count). The fourth-order valence-corrected chi connectivity index (χ4v) is 1.78. The molecule has 1 unspecified atom stereocenters. The molecule has 21 heavy (non-hydrogen) atoms. The van der Waals surface area contributed by atoms with Crippen molar-refractivity contribution in [1.82, 2.24) is 0 Å². The highest BCUT2D eigenvalue weighted by molar-refractivity contribution is 5.58. The Labute approximate surface area is 119 Å². The molecule has 0 aromatic heterocycles. The summed E-state index contributed by atoms with van der Waals surface area (Å²) in [7, 11) is 0. The highest BCUT2D eigenvalue weighted by Gasteiger charge is 2.30. The van der Waals surface area contributed by atoms with E-state index in [0.717, 1.165) is 11.8 Å². The molecule has 0 bridgehead atoms. The van der Waals surface area contributed by atoms with E-state index in [1.165, 1.54) is 24.3 Å². The van der Waals surface area contributed by atoms with Crippen LogP contribution in [0.4, 0.5) is 13.2 Å². The lowest BCUT2D eigenvalue weighted by Gasteiger charge is -2.13. The van der Waals surface area contributed by atoms with E-state index in [9.17, 15) is 18.0 Å². The Hall–Kier alpha value is -2.24. The van der Waals surface area contributed by atoms with Crippen molar-refractivity contribution >= 4 is 6.29 Å². The monoisotopic (exact) mass is 298 g/mol. The number of alkyl halides is 3. The Kier molecular flexibility index (Phi) is 4.67. The van der Waals surface area contributed by atoms with E-state index in [1.54, 1.807) is 18.2 Å². The van der Waals surface area contributed by atoms with Gasteiger partial charge in [-0.2, -0.15) is 0 Å². The van der Waals surface area contributed by atoms with Crippen molar-refractivity contribution in [2.75, 3.05) is 0 Å². The summed E-state index contributed by atoms with van der Waals surface area (Å²) in [5.41, 5.74) is 0.719. The molecule has 0 amide bonds. The largest absolute Gasteiger partial charge is 0.573 e. The molecule has 1 aliphatic carbocycles. The maximum Gasteiger partial charge on any atom is 0.573 e. The second-order valence-electron chi connectivity index (χ2n) is 4.48. The van der Waals surface area contributed by atoms with Crippen molar-refractivity contribution in [3.05, 3.63) is 53.8 Å². The van der Waals surface area contributed by atoms with Gasteiger partial charge in [0.25, 0.3) is 0 Å². The minimum atomic E-state index is -4.69. The van der Waals surface area contributed by atoms with Gasteiger partial charge in [-0.05, 0) is 36.3 Å². The van der Waals surface area contributed by atoms with E-state index in [0.29, 0.717) is 12.2 Å². The van der Waals surface area contributed by atoms with Crippen molar-refractivity contribution in [1.29, 1.82) is 0 Å². The van der Waals surface area contributed by atoms with Crippen LogP contribution in [0.25, 0.3) is 0 Å². The molecule has 0 aliphatic heterocycles. The van der Waals surface area contributed by atoms with Gasteiger partial charge in [-0.25, -0.2) is 0 Å². The van der Waals surface area contributed by atoms with Gasteiger partial charge in [-0.3, -0.25) is 0 Å². The van der Waals surface area contributed by atoms with Crippen molar-refractivity contribution in [3.63, 3.8) is 0 Å². The highest BCUT2D eigenvalue weighted by atomic mass is 19.4. The average molecular weight is 298 g/mol. The number of allylic oxidation sites excluding steroid dienone is 3. The molecule has 0 heterocycles. The van der Waals surface area contributed by atoms with E-state index in [-0.39, 0.29) is 18.3 Å². The van der Waals surface area contributed by atoms with Gasteiger partial charge in [0.1, 0.15) is 24.4 Å². The predicted octanol–water partition coefficient (Wildman–Crippen LogP) is 3.76. The summed E-state index contributed by atoms with van der Waals surface area (Å²) in [6.45, 7) is 0.230. The minimum absolute atomic E-state index is 0.115. The molecule has 0 N–H and O–H groups in total. The van der Waals surface area contributed by atoms with Gasteiger partial charge >= 0.3 is 6.36 Å². The van der Waals surface area contributed by atoms with Crippen LogP contribution in [0, 0.1) is 5.92 Å². The number of carbonyl (C=O) groups excluding carboxylic acids is 1. The van der Waals surface area contributed by atoms with Crippen LogP contribution in [0.3, 0.4) is 0 Å². The first-order chi connectivity index (χ1) is 9.96. The lowest BCUT2D eigenvalue weighted by atomic mass is 10.0. The van der Waals surface area contributed by atoms with Crippen LogP contribution in [0.1, 0.15) is 12.0 Å². The van der Waals surface area contributed by atoms with Gasteiger partial charge in [0, 0.05) is 5.92 Å². The standard InChI is InChI=1S/C15H13F3O3/c16-15(17,18)21-14-7-3-12(4-8-14)10-20-13-5-1-11(9-19)2-6-13/h1,3-9,11H,2,10H2. The van der Waals surface area contributed by atoms with E-state index < -0.39 is 6.36 Å². The van der Waals surface area contributed by atoms with Crippen molar-refractivity contribution in [2.45, 2.75) is 19.4 Å². The number of carbonyl (C=O) groups is 1. The molecule has 0 saturated heterocycles. The van der Waals surface area contributed by atoms with Gasteiger partial charge in [0.05, 0.1) is 0 Å². The van der Waals surface area contributed by atoms with Crippen molar-refractivity contribution in [2.24, 2.45) is 5.92 Å². The Morgan fingerprint density at radius 3 is 2.48 bits per heavy atom. The van der Waals surface area contributed by atoms with Crippen LogP contribution in [-0.2, 0) is 16.1 Å². The fourth-order valence-electron chi connectivity index (χ4n) is 1.78. The third kappa shape index (κ3) is 4.98. The molecule has 1 aliphatic rings. The molecular formula is C15H13F3O3. The molecule has 0 fully saturated rings. The fraction of sp³-hybridized carbons (Fsp3) is 0.267. The van der Waals surface area contributed by atoms with Crippen LogP contribution < -0.4 is 4.74 Å². The normalized spacial score (nSPS) is 18.0. The molecule has 6 heteroatoms. The molecule has 0 saturated carbocycles. The van der Waals surface area contributed by atoms with Crippen molar-refractivity contribution < 1.29 is 27.4 Å². The summed E-state index contributed by atoms with van der Waals surface area (Å²) in [6, 6.07) is 5.48. The third-order valence-electron chi connectivity index (χ3n) is 2.84. The number of hydrogen-bond donors (Lipinski definition) is 0. The van der Waals surface area contributed by atoms with Gasteiger partial charge in [-0.1, -0.05) is 18.2 Å². The number of hydrogen-bond acceptors (Lipinski definition) is 3. The maximum atomic E-state index is 12.0. The summed E-state index contributed by atoms with van der Waals surface area (Å²) >= 11 is 0. The summed E-state index contributed by atoms with van der Waals surface area (Å²) in [5.74, 6) is 0.261. The van der Waals surface area contributed by atoms with Crippen LogP contribution in [-0.4, -0.2) is 12.6 Å². The molecule has 3 nitrogen and oxygen atoms in total. The van der Waals surface area contributed by atoms with Crippen LogP contribution in [0.2, 0.25) is 0 Å². The predicted molar refractivity (Wildman–Crippen MR) is 69.3 cm³/mol. The zero-order chi connectivity index (χ0) is 15.3. The summed E-state index contributed by atoms with van der Waals surface area (Å²) < 4.78 is 45.3. The summed E-state index contributed by atoms with van der Waals surface area (Å²) in [5, 5.41) is 0. The summed E-state index contributed by atoms with van der Waals surface area (Å²) in [6.07, 6.45) is 2.04. The second kappa shape index (κ2) is 6.47. The van der Waals surface area contributed by atoms with Gasteiger partial charge in [-0.15, -0.1) is 13.2 Å². The summed E-state index contributed by atoms with van der Waals surface area (Å²) in [4.78, 5) is 10.6. The first-order valence-electron chi connectivity index (χ1n) is 6.27. The number of benzene rings is 1. The Balaban J connectivity index is 1.86. The molecule has 1 aromatic carbocycles. The van der Waals surface area contributed by atoms with Gasteiger partial charge in [0.15, 0.2) is 0 Å². The Bertz CT molecular complexity index is 544. The van der Waals surface area contributed by atoms with E-state index in [2.05, 4.69) is 4.74 Å². The SMILES string of the molecule is O=CC1C=CC(OCc2ccc(OC(F)(F)F)cc2)=CC1. The number of aldehydes is 1. The van der Waals surface area contributed by atoms with Crippen LogP contribution in [0.15, 0.2) is 48.3 Å². The molecule has 0 radical (unpaired) electrons. The second-order valence-corrected chi connectivity index (χ2v) is 4.48. The molecule has 1 atom stereocenters. The van der Waals surface area contributed by atoms with Crippen LogP contribution >= 0.6 is 0 Å². The minimum Gasteiger partial charge on any atom is -0.489 e. The Morgan fingerprint density at radius 2 is 1.95 bits per heavy atom. The average Bonchev–Trinajstić information content (AvgIpc) is 2.45. The number of halogens is 3. The van der Waals surface area contributed by atoms with Gasteiger partial charge in [0.2, 0.25) is 0 Å². The van der Waals surface area contributed by atoms with Gasteiger partial charge < -0.3 is 14.3 Å². The molecule has 0 spiro atoms. The zero-order valence-electron chi connectivity index (χ0n) is 11.0. The molecular weight excluding hydrogens is 285 g/mol. The van der Waals surface area contributed by atoms with E-state index in [4.69, 9.17) is 4.74 Å². The number of rotatable bonds is 5. The van der Waals surface area contributed by atoms with E-state index in [1.807, 2.05) is 0 Å². The Morgan fingerprint density at radius 1 is 1.24 bits per heavy atom. The smallest absolute Gasteiger partial charge is 0.489 e. The maximum absolute atomic E-state index is 12.0. The van der Waals surface area contributed by atoms with Crippen molar-refractivity contribution in [3.8, 4) is 5.75 Å². The van der Waals surface area contributed by atoms with E-state index >= 15 is 0 Å². The lowest BCUT2D eigenvalue weighted by Crippen LogP contribution is -2.17. The molecule has 1 aromatic rings. The quantitative estimate of drug-likeness (QED) is 0.776.